The molecule has 0 saturated carbocycles. The van der Waals surface area contributed by atoms with E-state index in [1.54, 1.807) is 0 Å². The van der Waals surface area contributed by atoms with Crippen molar-refractivity contribution >= 4 is 17.7 Å². The number of amides is 1. The molecule has 0 aromatic carbocycles. The number of thioether (sulfide) groups is 1. The van der Waals surface area contributed by atoms with E-state index >= 15 is 0 Å². The molecule has 4 nitrogen and oxygen atoms in total. The van der Waals surface area contributed by atoms with Crippen molar-refractivity contribution in [3.05, 3.63) is 24.0 Å². The number of carbonyl (C=O) groups is 1. The predicted octanol–water partition coefficient (Wildman–Crippen LogP) is 1.41. The number of pyridine rings is 1. The molecule has 1 unspecified atom stereocenters. The van der Waals surface area contributed by atoms with Crippen molar-refractivity contribution in [3.63, 3.8) is 0 Å². The van der Waals surface area contributed by atoms with Gasteiger partial charge in [-0.25, -0.2) is 0 Å². The summed E-state index contributed by atoms with van der Waals surface area (Å²) in [5, 5.41) is 12.8. The second kappa shape index (κ2) is 5.21. The molecule has 2 heterocycles. The Kier molecular flexibility index (Phi) is 3.66. The lowest BCUT2D eigenvalue weighted by molar-refractivity contribution is 0.0951. The Morgan fingerprint density at radius 1 is 1.69 bits per heavy atom. The highest BCUT2D eigenvalue weighted by molar-refractivity contribution is 8.00. The molecule has 1 aliphatic rings. The maximum Gasteiger partial charge on any atom is 0.255 e. The predicted molar refractivity (Wildman–Crippen MR) is 63.7 cm³/mol. The Bertz CT molecular complexity index is 378. The van der Waals surface area contributed by atoms with Crippen LogP contribution >= 0.6 is 11.8 Å². The van der Waals surface area contributed by atoms with Gasteiger partial charge in [0.15, 0.2) is 0 Å². The van der Waals surface area contributed by atoms with Gasteiger partial charge in [-0.3, -0.25) is 9.78 Å². The summed E-state index contributed by atoms with van der Waals surface area (Å²) in [5.74, 6) is 0.882. The van der Waals surface area contributed by atoms with Gasteiger partial charge in [0.25, 0.3) is 5.91 Å². The third-order valence-electron chi connectivity index (χ3n) is 2.56. The van der Waals surface area contributed by atoms with E-state index in [1.165, 1.54) is 30.6 Å². The van der Waals surface area contributed by atoms with E-state index in [1.807, 2.05) is 11.8 Å². The lowest BCUT2D eigenvalue weighted by Gasteiger charge is -2.10. The Morgan fingerprint density at radius 2 is 2.56 bits per heavy atom. The zero-order valence-electron chi connectivity index (χ0n) is 8.85. The van der Waals surface area contributed by atoms with Crippen LogP contribution in [-0.4, -0.2) is 33.5 Å². The summed E-state index contributed by atoms with van der Waals surface area (Å²) in [6.45, 7) is 0.672. The van der Waals surface area contributed by atoms with E-state index in [-0.39, 0.29) is 17.2 Å². The van der Waals surface area contributed by atoms with Gasteiger partial charge in [0.1, 0.15) is 5.75 Å². The smallest absolute Gasteiger partial charge is 0.255 e. The van der Waals surface area contributed by atoms with Crippen LogP contribution < -0.4 is 5.32 Å². The number of rotatable bonds is 3. The molecule has 86 valence electrons. The highest BCUT2D eigenvalue weighted by atomic mass is 32.2. The molecule has 2 rings (SSSR count). The van der Waals surface area contributed by atoms with Crippen molar-refractivity contribution in [2.24, 2.45) is 0 Å². The number of nitrogens with zero attached hydrogens (tertiary/aromatic N) is 1. The molecule has 1 saturated heterocycles. The summed E-state index contributed by atoms with van der Waals surface area (Å²) in [6, 6.07) is 1.52. The van der Waals surface area contributed by atoms with Crippen molar-refractivity contribution in [2.75, 3.05) is 12.3 Å². The molecule has 1 aliphatic heterocycles. The quantitative estimate of drug-likeness (QED) is 0.836. The summed E-state index contributed by atoms with van der Waals surface area (Å²) in [5.41, 5.74) is 0.290. The highest BCUT2D eigenvalue weighted by Gasteiger charge is 2.17. The largest absolute Gasteiger partial charge is 0.505 e. The van der Waals surface area contributed by atoms with Crippen LogP contribution in [0.1, 0.15) is 23.2 Å². The fourth-order valence-electron chi connectivity index (χ4n) is 1.69. The molecule has 16 heavy (non-hydrogen) atoms. The summed E-state index contributed by atoms with van der Waals surface area (Å²) in [7, 11) is 0. The fourth-order valence-corrected chi connectivity index (χ4v) is 2.89. The molecular weight excluding hydrogens is 224 g/mol. The molecule has 1 fully saturated rings. The minimum Gasteiger partial charge on any atom is -0.505 e. The second-order valence-corrected chi connectivity index (χ2v) is 5.15. The Morgan fingerprint density at radius 3 is 3.25 bits per heavy atom. The molecule has 2 N–H and O–H groups in total. The molecule has 0 radical (unpaired) electrons. The minimum absolute atomic E-state index is 0.0703. The van der Waals surface area contributed by atoms with Crippen LogP contribution in [-0.2, 0) is 0 Å². The maximum atomic E-state index is 11.7. The van der Waals surface area contributed by atoms with Crippen LogP contribution in [0.25, 0.3) is 0 Å². The fraction of sp³-hybridized carbons (Fsp3) is 0.455. The first kappa shape index (κ1) is 11.3. The lowest BCUT2D eigenvalue weighted by atomic mass is 10.2. The first-order valence-corrected chi connectivity index (χ1v) is 6.35. The molecular formula is C11H14N2O2S. The van der Waals surface area contributed by atoms with Crippen LogP contribution in [0, 0.1) is 0 Å². The maximum absolute atomic E-state index is 11.7. The number of aromatic hydroxyl groups is 1. The van der Waals surface area contributed by atoms with E-state index in [4.69, 9.17) is 0 Å². The normalized spacial score (nSPS) is 19.6. The monoisotopic (exact) mass is 238 g/mol. The number of carbonyl (C=O) groups excluding carboxylic acids is 1. The van der Waals surface area contributed by atoms with Crippen molar-refractivity contribution in [1.29, 1.82) is 0 Å². The van der Waals surface area contributed by atoms with E-state index in [9.17, 15) is 9.90 Å². The summed E-state index contributed by atoms with van der Waals surface area (Å²) in [4.78, 5) is 15.4. The first-order valence-electron chi connectivity index (χ1n) is 5.30. The highest BCUT2D eigenvalue weighted by Crippen LogP contribution is 2.25. The molecule has 1 aromatic rings. The van der Waals surface area contributed by atoms with Gasteiger partial charge in [-0.1, -0.05) is 0 Å². The van der Waals surface area contributed by atoms with Crippen LogP contribution in [0.2, 0.25) is 0 Å². The summed E-state index contributed by atoms with van der Waals surface area (Å²) >= 11 is 1.89. The van der Waals surface area contributed by atoms with Gasteiger partial charge in [0.2, 0.25) is 0 Å². The average molecular weight is 238 g/mol. The van der Waals surface area contributed by atoms with Gasteiger partial charge in [-0.2, -0.15) is 11.8 Å². The molecule has 5 heteroatoms. The number of aromatic nitrogens is 1. The average Bonchev–Trinajstić information content (AvgIpc) is 2.79. The SMILES string of the molecule is O=C(NCC1CCCS1)c1ccncc1O. The van der Waals surface area contributed by atoms with Gasteiger partial charge in [-0.15, -0.1) is 0 Å². The summed E-state index contributed by atoms with van der Waals surface area (Å²) in [6.07, 6.45) is 5.16. The van der Waals surface area contributed by atoms with Gasteiger partial charge >= 0.3 is 0 Å². The van der Waals surface area contributed by atoms with Crippen LogP contribution in [0.5, 0.6) is 5.75 Å². The third-order valence-corrected chi connectivity index (χ3v) is 3.96. The number of nitrogens with one attached hydrogen (secondary N) is 1. The van der Waals surface area contributed by atoms with Gasteiger partial charge in [0, 0.05) is 18.0 Å². The van der Waals surface area contributed by atoms with Gasteiger partial charge in [-0.05, 0) is 24.7 Å². The van der Waals surface area contributed by atoms with E-state index in [0.29, 0.717) is 11.8 Å². The zero-order valence-corrected chi connectivity index (χ0v) is 9.67. The molecule has 1 amide bonds. The molecule has 0 spiro atoms. The van der Waals surface area contributed by atoms with E-state index in [2.05, 4.69) is 10.3 Å². The topological polar surface area (TPSA) is 62.2 Å². The zero-order chi connectivity index (χ0) is 11.4. The second-order valence-electron chi connectivity index (χ2n) is 3.74. The van der Waals surface area contributed by atoms with Crippen LogP contribution in [0.15, 0.2) is 18.5 Å². The minimum atomic E-state index is -0.229. The van der Waals surface area contributed by atoms with Crippen LogP contribution in [0.4, 0.5) is 0 Å². The van der Waals surface area contributed by atoms with Gasteiger partial charge in [0.05, 0.1) is 11.8 Å². The lowest BCUT2D eigenvalue weighted by Crippen LogP contribution is -2.29. The first-order chi connectivity index (χ1) is 7.77. The molecule has 1 aromatic heterocycles. The summed E-state index contributed by atoms with van der Waals surface area (Å²) < 4.78 is 0. The Hall–Kier alpha value is -1.23. The Balaban J connectivity index is 1.90. The van der Waals surface area contributed by atoms with E-state index < -0.39 is 0 Å². The van der Waals surface area contributed by atoms with Crippen molar-refractivity contribution in [1.82, 2.24) is 10.3 Å². The van der Waals surface area contributed by atoms with Crippen molar-refractivity contribution in [3.8, 4) is 5.75 Å². The van der Waals surface area contributed by atoms with Crippen molar-refractivity contribution < 1.29 is 9.90 Å². The molecule has 0 aliphatic carbocycles. The number of hydrogen-bond acceptors (Lipinski definition) is 4. The van der Waals surface area contributed by atoms with Crippen LogP contribution in [0.3, 0.4) is 0 Å². The molecule has 0 bridgehead atoms. The van der Waals surface area contributed by atoms with Gasteiger partial charge < -0.3 is 10.4 Å². The van der Waals surface area contributed by atoms with Crippen molar-refractivity contribution in [2.45, 2.75) is 18.1 Å². The van der Waals surface area contributed by atoms with E-state index in [0.717, 1.165) is 6.42 Å². The standard InChI is InChI=1S/C11H14N2O2S/c14-10-7-12-4-3-9(10)11(15)13-6-8-2-1-5-16-8/h3-4,7-8,14H,1-2,5-6H2,(H,13,15). The third kappa shape index (κ3) is 2.66. The Labute approximate surface area is 98.5 Å². The molecule has 1 atom stereocenters. The number of hydrogen-bond donors (Lipinski definition) is 2.